The van der Waals surface area contributed by atoms with E-state index >= 15 is 0 Å². The highest BCUT2D eigenvalue weighted by Gasteiger charge is 2.37. The van der Waals surface area contributed by atoms with Crippen molar-refractivity contribution in [3.05, 3.63) is 0 Å². The molecule has 0 aliphatic heterocycles. The lowest BCUT2D eigenvalue weighted by molar-refractivity contribution is -0.140. The first-order valence-corrected chi connectivity index (χ1v) is 6.05. The van der Waals surface area contributed by atoms with Gasteiger partial charge in [0, 0.05) is 12.6 Å². The van der Waals surface area contributed by atoms with E-state index in [1.165, 1.54) is 0 Å². The average Bonchev–Trinajstić information content (AvgIpc) is 2.93. The van der Waals surface area contributed by atoms with Crippen molar-refractivity contribution in [1.82, 2.24) is 10.2 Å². The van der Waals surface area contributed by atoms with Crippen LogP contribution in [-0.4, -0.2) is 48.7 Å². The highest BCUT2D eigenvalue weighted by Crippen LogP contribution is 2.33. The first-order chi connectivity index (χ1) is 7.41. The molecule has 2 unspecified atom stereocenters. The van der Waals surface area contributed by atoms with Crippen molar-refractivity contribution in [3.8, 4) is 0 Å². The number of hydrogen-bond acceptors (Lipinski definition) is 3. The third-order valence-electron chi connectivity index (χ3n) is 3.12. The maximum atomic E-state index is 11.1. The number of nitrogens with zero attached hydrogens (tertiary/aromatic N) is 1. The molecule has 0 aromatic carbocycles. The third-order valence-corrected chi connectivity index (χ3v) is 3.12. The number of rotatable bonds is 7. The second-order valence-corrected chi connectivity index (χ2v) is 5.43. The summed E-state index contributed by atoms with van der Waals surface area (Å²) in [7, 11) is 4.04. The van der Waals surface area contributed by atoms with Crippen LogP contribution in [0.3, 0.4) is 0 Å². The van der Waals surface area contributed by atoms with Crippen LogP contribution < -0.4 is 5.32 Å². The molecular formula is C12H24N2O2. The fourth-order valence-electron chi connectivity index (χ4n) is 1.92. The van der Waals surface area contributed by atoms with E-state index in [2.05, 4.69) is 24.1 Å². The second kappa shape index (κ2) is 5.64. The molecule has 2 atom stereocenters. The molecule has 1 rings (SSSR count). The van der Waals surface area contributed by atoms with Crippen LogP contribution in [-0.2, 0) is 4.79 Å². The van der Waals surface area contributed by atoms with Gasteiger partial charge in [-0.25, -0.2) is 0 Å². The molecule has 1 aliphatic rings. The summed E-state index contributed by atoms with van der Waals surface area (Å²) in [6.07, 6.45) is 2.10. The second-order valence-electron chi connectivity index (χ2n) is 5.43. The Bertz CT molecular complexity index is 237. The first kappa shape index (κ1) is 13.5. The van der Waals surface area contributed by atoms with Crippen LogP contribution >= 0.6 is 0 Å². The number of aliphatic carboxylic acids is 1. The van der Waals surface area contributed by atoms with Crippen LogP contribution in [0.1, 0.15) is 26.7 Å². The highest BCUT2D eigenvalue weighted by molar-refractivity contribution is 5.74. The van der Waals surface area contributed by atoms with Crippen molar-refractivity contribution in [3.63, 3.8) is 0 Å². The lowest BCUT2D eigenvalue weighted by Crippen LogP contribution is -2.50. The molecule has 0 bridgehead atoms. The van der Waals surface area contributed by atoms with Crippen LogP contribution in [0.25, 0.3) is 0 Å². The van der Waals surface area contributed by atoms with Crippen LogP contribution in [0.15, 0.2) is 0 Å². The molecule has 4 heteroatoms. The fraction of sp³-hybridized carbons (Fsp3) is 0.917. The van der Waals surface area contributed by atoms with E-state index < -0.39 is 5.97 Å². The summed E-state index contributed by atoms with van der Waals surface area (Å²) >= 11 is 0. The predicted octanol–water partition coefficient (Wildman–Crippen LogP) is 1.03. The first-order valence-electron chi connectivity index (χ1n) is 6.05. The van der Waals surface area contributed by atoms with Crippen LogP contribution in [0.4, 0.5) is 0 Å². The Morgan fingerprint density at radius 3 is 2.31 bits per heavy atom. The summed E-state index contributed by atoms with van der Waals surface area (Å²) in [6, 6.07) is -0.107. The summed E-state index contributed by atoms with van der Waals surface area (Å²) in [5.41, 5.74) is 0. The van der Waals surface area contributed by atoms with Gasteiger partial charge in [-0.05, 0) is 38.8 Å². The zero-order valence-electron chi connectivity index (χ0n) is 10.7. The Morgan fingerprint density at radius 1 is 1.44 bits per heavy atom. The molecule has 0 spiro atoms. The number of likely N-dealkylation sites (N-methyl/N-ethyl adjacent to an activating group) is 1. The third kappa shape index (κ3) is 4.10. The van der Waals surface area contributed by atoms with Gasteiger partial charge in [0.2, 0.25) is 0 Å². The normalized spacial score (nSPS) is 20.1. The highest BCUT2D eigenvalue weighted by atomic mass is 16.4. The lowest BCUT2D eigenvalue weighted by Gasteiger charge is -2.28. The molecule has 0 amide bonds. The maximum absolute atomic E-state index is 11.1. The van der Waals surface area contributed by atoms with Gasteiger partial charge in [0.05, 0.1) is 0 Å². The van der Waals surface area contributed by atoms with Gasteiger partial charge in [-0.15, -0.1) is 0 Å². The van der Waals surface area contributed by atoms with E-state index in [4.69, 9.17) is 0 Å². The topological polar surface area (TPSA) is 52.6 Å². The van der Waals surface area contributed by atoms with E-state index in [1.807, 2.05) is 14.1 Å². The number of carbonyl (C=O) groups is 1. The molecule has 1 saturated carbocycles. The summed E-state index contributed by atoms with van der Waals surface area (Å²) in [5, 5.41) is 12.5. The van der Waals surface area contributed by atoms with Crippen molar-refractivity contribution < 1.29 is 9.90 Å². The Balaban J connectivity index is 2.54. The average molecular weight is 228 g/mol. The predicted molar refractivity (Wildman–Crippen MR) is 64.5 cm³/mol. The summed E-state index contributed by atoms with van der Waals surface area (Å²) in [6.45, 7) is 5.15. The van der Waals surface area contributed by atoms with Gasteiger partial charge in [0.1, 0.15) is 6.04 Å². The van der Waals surface area contributed by atoms with E-state index in [-0.39, 0.29) is 12.1 Å². The van der Waals surface area contributed by atoms with Crippen molar-refractivity contribution in [1.29, 1.82) is 0 Å². The number of carboxylic acids is 1. The van der Waals surface area contributed by atoms with Crippen LogP contribution in [0.2, 0.25) is 0 Å². The lowest BCUT2D eigenvalue weighted by atomic mass is 10.0. The maximum Gasteiger partial charge on any atom is 0.320 e. The number of nitrogens with one attached hydrogen (secondary N) is 1. The van der Waals surface area contributed by atoms with Gasteiger partial charge in [-0.2, -0.15) is 0 Å². The molecule has 1 fully saturated rings. The van der Waals surface area contributed by atoms with Crippen molar-refractivity contribution in [2.45, 2.75) is 38.8 Å². The summed E-state index contributed by atoms with van der Waals surface area (Å²) in [5.74, 6) is 0.0934. The Labute approximate surface area is 98.0 Å². The van der Waals surface area contributed by atoms with Crippen LogP contribution in [0.5, 0.6) is 0 Å². The minimum atomic E-state index is -0.702. The van der Waals surface area contributed by atoms with Gasteiger partial charge in [0.25, 0.3) is 0 Å². The van der Waals surface area contributed by atoms with Crippen molar-refractivity contribution in [2.24, 2.45) is 11.8 Å². The Morgan fingerprint density at radius 2 is 2.00 bits per heavy atom. The zero-order chi connectivity index (χ0) is 12.3. The standard InChI is InChI=1S/C12H24N2O2/c1-8(2)10(7-14(3)4)13-11(12(15)16)9-5-6-9/h8-11,13H,5-7H2,1-4H3,(H,15,16). The SMILES string of the molecule is CC(C)C(CN(C)C)NC(C(=O)O)C1CC1. The van der Waals surface area contributed by atoms with Crippen molar-refractivity contribution >= 4 is 5.97 Å². The molecule has 0 radical (unpaired) electrons. The number of hydrogen-bond donors (Lipinski definition) is 2. The van der Waals surface area contributed by atoms with Crippen molar-refractivity contribution in [2.75, 3.05) is 20.6 Å². The molecule has 0 saturated heterocycles. The molecule has 1 aliphatic carbocycles. The van der Waals surface area contributed by atoms with E-state index in [0.717, 1.165) is 19.4 Å². The van der Waals surface area contributed by atoms with Gasteiger partial charge < -0.3 is 10.0 Å². The van der Waals surface area contributed by atoms with E-state index in [9.17, 15) is 9.90 Å². The molecule has 94 valence electrons. The fourth-order valence-corrected chi connectivity index (χ4v) is 1.92. The zero-order valence-corrected chi connectivity index (χ0v) is 10.7. The van der Waals surface area contributed by atoms with Gasteiger partial charge in [-0.3, -0.25) is 10.1 Å². The molecule has 0 aromatic rings. The van der Waals surface area contributed by atoms with E-state index in [0.29, 0.717) is 11.8 Å². The molecule has 16 heavy (non-hydrogen) atoms. The quantitative estimate of drug-likeness (QED) is 0.683. The van der Waals surface area contributed by atoms with Gasteiger partial charge in [0.15, 0.2) is 0 Å². The molecular weight excluding hydrogens is 204 g/mol. The monoisotopic (exact) mass is 228 g/mol. The summed E-state index contributed by atoms with van der Waals surface area (Å²) in [4.78, 5) is 13.2. The van der Waals surface area contributed by atoms with Gasteiger partial charge >= 0.3 is 5.97 Å². The largest absolute Gasteiger partial charge is 0.480 e. The van der Waals surface area contributed by atoms with E-state index in [1.54, 1.807) is 0 Å². The molecule has 0 heterocycles. The van der Waals surface area contributed by atoms with Crippen LogP contribution in [0, 0.1) is 11.8 Å². The Hall–Kier alpha value is -0.610. The minimum absolute atomic E-state index is 0.247. The molecule has 2 N–H and O–H groups in total. The van der Waals surface area contributed by atoms with Gasteiger partial charge in [-0.1, -0.05) is 13.8 Å². The number of carboxylic acid groups (broad SMARTS) is 1. The molecule has 0 aromatic heterocycles. The Kier molecular flexibility index (Phi) is 4.74. The minimum Gasteiger partial charge on any atom is -0.480 e. The smallest absolute Gasteiger partial charge is 0.320 e. The molecule has 4 nitrogen and oxygen atoms in total. The summed E-state index contributed by atoms with van der Waals surface area (Å²) < 4.78 is 0.